The van der Waals surface area contributed by atoms with E-state index in [9.17, 15) is 4.79 Å². The highest BCUT2D eigenvalue weighted by Crippen LogP contribution is 2.43. The van der Waals surface area contributed by atoms with Crippen LogP contribution in [0.15, 0.2) is 41.1 Å². The highest BCUT2D eigenvalue weighted by atomic mass is 32.1. The number of thiophene rings is 1. The van der Waals surface area contributed by atoms with Gasteiger partial charge in [-0.1, -0.05) is 13.8 Å². The van der Waals surface area contributed by atoms with Gasteiger partial charge in [0.15, 0.2) is 0 Å². The lowest BCUT2D eigenvalue weighted by molar-refractivity contribution is 0.148. The van der Waals surface area contributed by atoms with Crippen molar-refractivity contribution in [3.8, 4) is 5.00 Å². The van der Waals surface area contributed by atoms with Crippen LogP contribution in [0, 0.1) is 5.92 Å². The van der Waals surface area contributed by atoms with Gasteiger partial charge in [-0.05, 0) is 61.4 Å². The second-order valence-corrected chi connectivity index (χ2v) is 9.44. The molecule has 0 aromatic carbocycles. The summed E-state index contributed by atoms with van der Waals surface area (Å²) in [6, 6.07) is 8.02. The van der Waals surface area contributed by atoms with E-state index in [1.165, 1.54) is 46.0 Å². The van der Waals surface area contributed by atoms with Crippen molar-refractivity contribution in [2.45, 2.75) is 58.7 Å². The van der Waals surface area contributed by atoms with Crippen molar-refractivity contribution in [1.82, 2.24) is 14.8 Å². The number of hydrogen-bond acceptors (Lipinski definition) is 3. The monoisotopic (exact) mass is 409 g/mol. The predicted octanol–water partition coefficient (Wildman–Crippen LogP) is 5.43. The molecule has 4 heterocycles. The molecule has 1 unspecified atom stereocenters. The van der Waals surface area contributed by atoms with Gasteiger partial charge >= 0.3 is 6.03 Å². The molecule has 3 aromatic rings. The predicted molar refractivity (Wildman–Crippen MR) is 114 cm³/mol. The maximum absolute atomic E-state index is 13.4. The number of carbonyl (C=O) groups is 1. The number of nitrogens with one attached hydrogen (secondary N) is 1. The molecule has 0 bridgehead atoms. The van der Waals surface area contributed by atoms with Crippen LogP contribution in [0.3, 0.4) is 0 Å². The summed E-state index contributed by atoms with van der Waals surface area (Å²) in [6.45, 7) is 5.46. The lowest BCUT2D eigenvalue weighted by Crippen LogP contribution is -2.43. The topological polar surface area (TPSA) is 50.4 Å². The summed E-state index contributed by atoms with van der Waals surface area (Å²) in [5.41, 5.74) is 4.04. The second kappa shape index (κ2) is 7.41. The third-order valence-corrected chi connectivity index (χ3v) is 7.45. The van der Waals surface area contributed by atoms with E-state index in [0.717, 1.165) is 12.2 Å². The highest BCUT2D eigenvalue weighted by molar-refractivity contribution is 7.15. The number of fused-ring (bicyclic) bond motifs is 5. The maximum Gasteiger partial charge on any atom is 0.318 e. The van der Waals surface area contributed by atoms with Crippen LogP contribution in [0.1, 0.15) is 60.2 Å². The van der Waals surface area contributed by atoms with Gasteiger partial charge in [0.2, 0.25) is 0 Å². The van der Waals surface area contributed by atoms with Gasteiger partial charge in [0.25, 0.3) is 0 Å². The number of carbonyl (C=O) groups excluding carboxylic acids is 1. The molecule has 0 fully saturated rings. The Kier molecular flexibility index (Phi) is 4.74. The standard InChI is InChI=1S/C23H27N3O2S/c1-15(2)21-19-9-5-11-25(19)22-18(17-8-3-4-10-20(17)29-22)14-26(21)23(27)24-13-16-7-6-12-28-16/h5-7,9,11-12,15,21H,3-4,8,10,13-14H2,1-2H3,(H,24,27). The lowest BCUT2D eigenvalue weighted by Gasteiger charge is -2.33. The maximum atomic E-state index is 13.4. The van der Waals surface area contributed by atoms with Crippen LogP contribution in [-0.4, -0.2) is 15.5 Å². The van der Waals surface area contributed by atoms with Gasteiger partial charge in [0.1, 0.15) is 10.8 Å². The van der Waals surface area contributed by atoms with Crippen LogP contribution in [0.4, 0.5) is 4.79 Å². The SMILES string of the molecule is CC(C)C1c2cccn2-c2sc3c(c2CN1C(=O)NCc1ccco1)CCCC3. The van der Waals surface area contributed by atoms with E-state index in [1.807, 2.05) is 28.4 Å². The number of furan rings is 1. The summed E-state index contributed by atoms with van der Waals surface area (Å²) in [6.07, 6.45) is 8.62. The van der Waals surface area contributed by atoms with Crippen LogP contribution >= 0.6 is 11.3 Å². The molecule has 0 radical (unpaired) electrons. The van der Waals surface area contributed by atoms with Crippen molar-refractivity contribution in [2.75, 3.05) is 0 Å². The molecule has 1 aliphatic carbocycles. The minimum absolute atomic E-state index is 0.0282. The Bertz CT molecular complexity index is 1020. The molecule has 2 aliphatic rings. The Morgan fingerprint density at radius 2 is 2.10 bits per heavy atom. The largest absolute Gasteiger partial charge is 0.467 e. The van der Waals surface area contributed by atoms with Gasteiger partial charge in [-0.25, -0.2) is 4.79 Å². The van der Waals surface area contributed by atoms with E-state index in [-0.39, 0.29) is 12.1 Å². The van der Waals surface area contributed by atoms with Crippen LogP contribution < -0.4 is 5.32 Å². The van der Waals surface area contributed by atoms with Crippen molar-refractivity contribution in [3.05, 3.63) is 64.2 Å². The third kappa shape index (κ3) is 3.19. The summed E-state index contributed by atoms with van der Waals surface area (Å²) >= 11 is 1.93. The number of amides is 2. The number of nitrogens with zero attached hydrogens (tertiary/aromatic N) is 2. The smallest absolute Gasteiger partial charge is 0.318 e. The number of aromatic nitrogens is 1. The molecule has 152 valence electrons. The van der Waals surface area contributed by atoms with Gasteiger partial charge in [0, 0.05) is 22.3 Å². The van der Waals surface area contributed by atoms with Crippen LogP contribution in [0.2, 0.25) is 0 Å². The average Bonchev–Trinajstić information content (AvgIpc) is 3.44. The molecule has 3 aromatic heterocycles. The highest BCUT2D eigenvalue weighted by Gasteiger charge is 2.36. The zero-order valence-corrected chi connectivity index (χ0v) is 17.8. The Morgan fingerprint density at radius 1 is 1.24 bits per heavy atom. The van der Waals surface area contributed by atoms with Crippen molar-refractivity contribution < 1.29 is 9.21 Å². The zero-order valence-electron chi connectivity index (χ0n) is 17.0. The number of aryl methyl sites for hydroxylation is 1. The van der Waals surface area contributed by atoms with Crippen molar-refractivity contribution in [1.29, 1.82) is 0 Å². The summed E-state index contributed by atoms with van der Waals surface area (Å²) in [5.74, 6) is 1.08. The molecule has 1 aliphatic heterocycles. The first-order valence-electron chi connectivity index (χ1n) is 10.5. The van der Waals surface area contributed by atoms with E-state index < -0.39 is 0 Å². The molecule has 0 spiro atoms. The Morgan fingerprint density at radius 3 is 2.90 bits per heavy atom. The van der Waals surface area contributed by atoms with Gasteiger partial charge < -0.3 is 19.2 Å². The average molecular weight is 410 g/mol. The zero-order chi connectivity index (χ0) is 20.0. The fraction of sp³-hybridized carbons (Fsp3) is 0.435. The third-order valence-electron chi connectivity index (χ3n) is 6.11. The Hall–Kier alpha value is -2.47. The molecule has 0 saturated carbocycles. The number of rotatable bonds is 3. The van der Waals surface area contributed by atoms with Crippen molar-refractivity contribution in [2.24, 2.45) is 5.92 Å². The molecule has 29 heavy (non-hydrogen) atoms. The molecule has 0 saturated heterocycles. The first-order valence-corrected chi connectivity index (χ1v) is 11.3. The van der Waals surface area contributed by atoms with Gasteiger partial charge in [0.05, 0.1) is 25.4 Å². The summed E-state index contributed by atoms with van der Waals surface area (Å²) in [7, 11) is 0. The summed E-state index contributed by atoms with van der Waals surface area (Å²) in [5, 5.41) is 4.39. The molecule has 6 heteroatoms. The van der Waals surface area contributed by atoms with E-state index >= 15 is 0 Å². The lowest BCUT2D eigenvalue weighted by atomic mass is 9.94. The Labute approximate surface area is 175 Å². The van der Waals surface area contributed by atoms with Crippen molar-refractivity contribution >= 4 is 17.4 Å². The second-order valence-electron chi connectivity index (χ2n) is 8.35. The van der Waals surface area contributed by atoms with E-state index in [1.54, 1.807) is 6.26 Å². The molecule has 1 N–H and O–H groups in total. The fourth-order valence-electron chi connectivity index (χ4n) is 4.80. The number of urea groups is 1. The van der Waals surface area contributed by atoms with Crippen LogP contribution in [0.5, 0.6) is 0 Å². The normalized spacial score (nSPS) is 18.2. The van der Waals surface area contributed by atoms with Crippen molar-refractivity contribution in [3.63, 3.8) is 0 Å². The Balaban J connectivity index is 1.55. The summed E-state index contributed by atoms with van der Waals surface area (Å²) in [4.78, 5) is 16.9. The van der Waals surface area contributed by atoms with Gasteiger partial charge in [-0.15, -0.1) is 11.3 Å². The van der Waals surface area contributed by atoms with E-state index in [4.69, 9.17) is 4.42 Å². The quantitative estimate of drug-likeness (QED) is 0.627. The molecule has 5 nitrogen and oxygen atoms in total. The van der Waals surface area contributed by atoms with E-state index in [0.29, 0.717) is 19.0 Å². The molecule has 2 amide bonds. The fourth-order valence-corrected chi connectivity index (χ4v) is 6.20. The van der Waals surface area contributed by atoms with Crippen LogP contribution in [0.25, 0.3) is 5.00 Å². The molecule has 5 rings (SSSR count). The first kappa shape index (κ1) is 18.6. The molecular formula is C23H27N3O2S. The minimum atomic E-state index is -0.0311. The van der Waals surface area contributed by atoms with Crippen LogP contribution in [-0.2, 0) is 25.9 Å². The van der Waals surface area contributed by atoms with Gasteiger partial charge in [-0.3, -0.25) is 0 Å². The van der Waals surface area contributed by atoms with Gasteiger partial charge in [-0.2, -0.15) is 0 Å². The summed E-state index contributed by atoms with van der Waals surface area (Å²) < 4.78 is 7.73. The molecule has 1 atom stereocenters. The van der Waals surface area contributed by atoms with E-state index in [2.05, 4.69) is 42.1 Å². The number of hydrogen-bond donors (Lipinski definition) is 1. The first-order chi connectivity index (χ1) is 14.1. The molecular weight excluding hydrogens is 382 g/mol. The minimum Gasteiger partial charge on any atom is -0.467 e.